The van der Waals surface area contributed by atoms with Crippen molar-refractivity contribution in [1.82, 2.24) is 14.7 Å². The lowest BCUT2D eigenvalue weighted by Gasteiger charge is -2.32. The summed E-state index contributed by atoms with van der Waals surface area (Å²) in [6, 6.07) is 11.3. The molecule has 150 valence electrons. The minimum Gasteiger partial charge on any atom is -0.398 e. The summed E-state index contributed by atoms with van der Waals surface area (Å²) in [4.78, 5) is 14.9. The van der Waals surface area contributed by atoms with Crippen LogP contribution in [0, 0.1) is 11.3 Å². The lowest BCUT2D eigenvalue weighted by Crippen LogP contribution is -2.42. The van der Waals surface area contributed by atoms with E-state index in [2.05, 4.69) is 11.2 Å². The van der Waals surface area contributed by atoms with Gasteiger partial charge in [0.25, 0.3) is 5.91 Å². The third-order valence-corrected chi connectivity index (χ3v) is 6.11. The Balaban J connectivity index is 1.57. The summed E-state index contributed by atoms with van der Waals surface area (Å²) in [6.07, 6.45) is 0. The van der Waals surface area contributed by atoms with Gasteiger partial charge in [-0.1, -0.05) is 12.1 Å². The number of hydrogen-bond acceptors (Lipinski definition) is 5. The molecule has 1 unspecified atom stereocenters. The molecule has 7 nitrogen and oxygen atoms in total. The molecule has 1 amide bonds. The van der Waals surface area contributed by atoms with Crippen molar-refractivity contribution >= 4 is 18.6 Å². The molecule has 1 aromatic heterocycles. The highest BCUT2D eigenvalue weighted by atomic mass is 16.7. The largest absolute Gasteiger partial charge is 0.516 e. The molecule has 1 aromatic carbocycles. The fourth-order valence-corrected chi connectivity index (χ4v) is 3.67. The maximum absolute atomic E-state index is 13.1. The quantitative estimate of drug-likeness (QED) is 0.749. The summed E-state index contributed by atoms with van der Waals surface area (Å²) in [5.41, 5.74) is 1.85. The van der Waals surface area contributed by atoms with Crippen molar-refractivity contribution in [1.29, 1.82) is 5.26 Å². The van der Waals surface area contributed by atoms with Gasteiger partial charge in [0.2, 0.25) is 0 Å². The average Bonchev–Trinajstić information content (AvgIpc) is 3.20. The van der Waals surface area contributed by atoms with Crippen molar-refractivity contribution in [2.24, 2.45) is 0 Å². The highest BCUT2D eigenvalue weighted by Gasteiger charge is 2.53. The second kappa shape index (κ2) is 6.72. The lowest BCUT2D eigenvalue weighted by molar-refractivity contribution is 0.00578. The van der Waals surface area contributed by atoms with Crippen LogP contribution >= 0.6 is 0 Å². The fraction of sp³-hybridized carbons (Fsp3) is 0.476. The van der Waals surface area contributed by atoms with Gasteiger partial charge in [-0.05, 0) is 58.4 Å². The van der Waals surface area contributed by atoms with E-state index in [1.165, 1.54) is 0 Å². The van der Waals surface area contributed by atoms with Gasteiger partial charge in [0.1, 0.15) is 5.69 Å². The van der Waals surface area contributed by atoms with Crippen molar-refractivity contribution in [2.75, 3.05) is 6.54 Å². The SMILES string of the molecule is CC1CN(Cc2ccc(C#N)cc2)C(=O)c2cc(B3OC(C)(C)C(C)(C)O3)nn21. The Morgan fingerprint density at radius 2 is 1.83 bits per heavy atom. The standard InChI is InChI=1S/C21H25BN4O3/c1-14-12-25(13-16-8-6-15(11-23)7-9-16)19(27)17-10-18(24-26(14)17)22-28-20(2,3)21(4,5)29-22/h6-10,14H,12-13H2,1-5H3. The van der Waals surface area contributed by atoms with Gasteiger partial charge in [-0.3, -0.25) is 9.48 Å². The first-order valence-electron chi connectivity index (χ1n) is 9.85. The molecule has 0 radical (unpaired) electrons. The lowest BCUT2D eigenvalue weighted by atomic mass is 9.85. The molecule has 1 fully saturated rings. The number of nitrogens with zero attached hydrogens (tertiary/aromatic N) is 4. The summed E-state index contributed by atoms with van der Waals surface area (Å²) >= 11 is 0. The van der Waals surface area contributed by atoms with Crippen LogP contribution < -0.4 is 5.59 Å². The minimum absolute atomic E-state index is 0.0391. The molecule has 2 aliphatic rings. The molecule has 1 atom stereocenters. The normalized spacial score (nSPS) is 22.5. The maximum Gasteiger partial charge on any atom is 0.516 e. The molecular formula is C21H25BN4O3. The predicted octanol–water partition coefficient (Wildman–Crippen LogP) is 2.27. The monoisotopic (exact) mass is 392 g/mol. The fourth-order valence-electron chi connectivity index (χ4n) is 3.67. The van der Waals surface area contributed by atoms with Crippen molar-refractivity contribution in [3.05, 3.63) is 47.2 Å². The molecule has 0 saturated carbocycles. The van der Waals surface area contributed by atoms with Crippen LogP contribution in [0.25, 0.3) is 0 Å². The van der Waals surface area contributed by atoms with Crippen LogP contribution in [-0.2, 0) is 15.9 Å². The van der Waals surface area contributed by atoms with Gasteiger partial charge >= 0.3 is 7.12 Å². The summed E-state index contributed by atoms with van der Waals surface area (Å²) in [5, 5.41) is 13.6. The van der Waals surface area contributed by atoms with E-state index < -0.39 is 18.3 Å². The minimum atomic E-state index is -0.593. The Labute approximate surface area is 171 Å². The van der Waals surface area contributed by atoms with Gasteiger partial charge in [-0.2, -0.15) is 10.4 Å². The molecule has 0 N–H and O–H groups in total. The zero-order chi connectivity index (χ0) is 21.0. The number of aromatic nitrogens is 2. The Kier molecular flexibility index (Phi) is 4.56. The van der Waals surface area contributed by atoms with E-state index in [9.17, 15) is 4.79 Å². The molecule has 29 heavy (non-hydrogen) atoms. The molecule has 4 rings (SSSR count). The number of hydrogen-bond donors (Lipinski definition) is 0. The van der Waals surface area contributed by atoms with E-state index in [1.807, 2.05) is 51.7 Å². The number of fused-ring (bicyclic) bond motifs is 1. The third kappa shape index (κ3) is 3.35. The van der Waals surface area contributed by atoms with E-state index in [1.54, 1.807) is 22.9 Å². The first-order chi connectivity index (χ1) is 13.6. The van der Waals surface area contributed by atoms with E-state index in [0.29, 0.717) is 29.9 Å². The van der Waals surface area contributed by atoms with E-state index >= 15 is 0 Å². The number of carbonyl (C=O) groups excluding carboxylic acids is 1. The van der Waals surface area contributed by atoms with Crippen LogP contribution in [0.3, 0.4) is 0 Å². The highest BCUT2D eigenvalue weighted by molar-refractivity contribution is 6.61. The zero-order valence-electron chi connectivity index (χ0n) is 17.5. The molecule has 8 heteroatoms. The smallest absolute Gasteiger partial charge is 0.398 e. The summed E-state index contributed by atoms with van der Waals surface area (Å²) in [6.45, 7) is 11.1. The zero-order valence-corrected chi connectivity index (χ0v) is 17.5. The van der Waals surface area contributed by atoms with E-state index in [0.717, 1.165) is 5.56 Å². The van der Waals surface area contributed by atoms with Gasteiger partial charge < -0.3 is 14.2 Å². The van der Waals surface area contributed by atoms with Crippen LogP contribution in [0.5, 0.6) is 0 Å². The van der Waals surface area contributed by atoms with Gasteiger partial charge in [0.05, 0.1) is 34.5 Å². The molecular weight excluding hydrogens is 367 g/mol. The molecule has 0 aliphatic carbocycles. The summed E-state index contributed by atoms with van der Waals surface area (Å²) in [7, 11) is -0.593. The van der Waals surface area contributed by atoms with Crippen LogP contribution in [0.1, 0.15) is 62.3 Å². The van der Waals surface area contributed by atoms with Crippen molar-refractivity contribution in [3.8, 4) is 6.07 Å². The Morgan fingerprint density at radius 1 is 1.21 bits per heavy atom. The molecule has 2 aromatic rings. The van der Waals surface area contributed by atoms with Crippen molar-refractivity contribution in [3.63, 3.8) is 0 Å². The summed E-state index contributed by atoms with van der Waals surface area (Å²) < 4.78 is 14.0. The number of benzene rings is 1. The second-order valence-electron chi connectivity index (χ2n) is 8.83. The number of carbonyl (C=O) groups is 1. The third-order valence-electron chi connectivity index (χ3n) is 6.11. The highest BCUT2D eigenvalue weighted by Crippen LogP contribution is 2.36. The number of nitriles is 1. The molecule has 0 bridgehead atoms. The van der Waals surface area contributed by atoms with E-state index in [-0.39, 0.29) is 11.9 Å². The van der Waals surface area contributed by atoms with Crippen molar-refractivity contribution < 1.29 is 14.1 Å². The Morgan fingerprint density at radius 3 is 2.41 bits per heavy atom. The van der Waals surface area contributed by atoms with Crippen LogP contribution in [0.15, 0.2) is 30.3 Å². The maximum atomic E-state index is 13.1. The molecule has 1 saturated heterocycles. The molecule has 2 aliphatic heterocycles. The van der Waals surface area contributed by atoms with Crippen molar-refractivity contribution in [2.45, 2.75) is 58.4 Å². The van der Waals surface area contributed by atoms with Gasteiger partial charge in [0, 0.05) is 13.1 Å². The Hall–Kier alpha value is -2.63. The predicted molar refractivity (Wildman–Crippen MR) is 109 cm³/mol. The summed E-state index contributed by atoms with van der Waals surface area (Å²) in [5.74, 6) is -0.0669. The van der Waals surface area contributed by atoms with Gasteiger partial charge in [0.15, 0.2) is 0 Å². The topological polar surface area (TPSA) is 80.4 Å². The second-order valence-corrected chi connectivity index (χ2v) is 8.83. The van der Waals surface area contributed by atoms with Crippen LogP contribution in [0.4, 0.5) is 0 Å². The van der Waals surface area contributed by atoms with Crippen LogP contribution in [-0.4, -0.2) is 45.5 Å². The number of rotatable bonds is 3. The van der Waals surface area contributed by atoms with Gasteiger partial charge in [-0.15, -0.1) is 0 Å². The molecule has 0 spiro atoms. The van der Waals surface area contributed by atoms with Gasteiger partial charge in [-0.25, -0.2) is 0 Å². The Bertz CT molecular complexity index is 974. The van der Waals surface area contributed by atoms with Crippen LogP contribution in [0.2, 0.25) is 0 Å². The first kappa shape index (κ1) is 19.7. The molecule has 3 heterocycles. The van der Waals surface area contributed by atoms with E-state index in [4.69, 9.17) is 14.6 Å². The first-order valence-corrected chi connectivity index (χ1v) is 9.85. The number of amides is 1. The average molecular weight is 392 g/mol.